The van der Waals surface area contributed by atoms with Crippen LogP contribution in [0.3, 0.4) is 0 Å². The van der Waals surface area contributed by atoms with E-state index >= 15 is 0 Å². The molecule has 0 aromatic rings. The molecule has 6 heteroatoms. The third-order valence-electron chi connectivity index (χ3n) is 3.92. The molecule has 0 heterocycles. The molecular weight excluding hydrogens is 264 g/mol. The lowest BCUT2D eigenvalue weighted by Gasteiger charge is -2.44. The molecular formula is C14H30O6. The lowest BCUT2D eigenvalue weighted by molar-refractivity contribution is -0.171. The fourth-order valence-corrected chi connectivity index (χ4v) is 2.11. The highest BCUT2D eigenvalue weighted by molar-refractivity contribution is 4.98. The molecule has 0 bridgehead atoms. The van der Waals surface area contributed by atoms with E-state index in [-0.39, 0.29) is 19.4 Å². The van der Waals surface area contributed by atoms with Crippen molar-refractivity contribution < 1.29 is 29.9 Å². The maximum Gasteiger partial charge on any atom is 0.0813 e. The zero-order valence-electron chi connectivity index (χ0n) is 12.7. The quantitative estimate of drug-likeness (QED) is 0.355. The van der Waals surface area contributed by atoms with Crippen molar-refractivity contribution in [1.82, 2.24) is 0 Å². The van der Waals surface area contributed by atoms with Crippen molar-refractivity contribution in [2.75, 3.05) is 46.8 Å². The van der Waals surface area contributed by atoms with Crippen LogP contribution in [-0.2, 0) is 9.47 Å². The molecule has 0 rings (SSSR count). The highest BCUT2D eigenvalue weighted by Crippen LogP contribution is 2.36. The summed E-state index contributed by atoms with van der Waals surface area (Å²) in [7, 11) is 1.51. The van der Waals surface area contributed by atoms with E-state index in [9.17, 15) is 20.4 Å². The minimum Gasteiger partial charge on any atom is -0.395 e. The van der Waals surface area contributed by atoms with Gasteiger partial charge in [-0.05, 0) is 6.42 Å². The fraction of sp³-hybridized carbons (Fsp3) is 1.00. The van der Waals surface area contributed by atoms with Crippen LogP contribution in [-0.4, -0.2) is 72.8 Å². The van der Waals surface area contributed by atoms with Gasteiger partial charge in [-0.25, -0.2) is 0 Å². The highest BCUT2D eigenvalue weighted by Gasteiger charge is 2.49. The molecule has 6 nitrogen and oxygen atoms in total. The second-order valence-corrected chi connectivity index (χ2v) is 5.24. The first-order chi connectivity index (χ1) is 9.55. The second kappa shape index (κ2) is 10.5. The average molecular weight is 294 g/mol. The average Bonchev–Trinajstić information content (AvgIpc) is 2.47. The number of methoxy groups -OCH3 is 1. The van der Waals surface area contributed by atoms with Gasteiger partial charge in [0.25, 0.3) is 0 Å². The lowest BCUT2D eigenvalue weighted by Crippen LogP contribution is -2.56. The van der Waals surface area contributed by atoms with E-state index in [2.05, 4.69) is 6.92 Å². The van der Waals surface area contributed by atoms with Gasteiger partial charge in [0.2, 0.25) is 0 Å². The van der Waals surface area contributed by atoms with Crippen molar-refractivity contribution in [3.63, 3.8) is 0 Å². The molecule has 4 N–H and O–H groups in total. The Morgan fingerprint density at radius 2 is 1.45 bits per heavy atom. The predicted molar refractivity (Wildman–Crippen MR) is 75.5 cm³/mol. The standard InChI is InChI=1S/C14H30O6/c1-3-4-7-20-9-6-14(18,5-8-19-2)13(10-15,11-16)12-17/h15-18H,3-12H2,1-2H3. The molecule has 20 heavy (non-hydrogen) atoms. The topological polar surface area (TPSA) is 99.4 Å². The largest absolute Gasteiger partial charge is 0.395 e. The number of aliphatic hydroxyl groups is 4. The van der Waals surface area contributed by atoms with Crippen LogP contribution >= 0.6 is 0 Å². The highest BCUT2D eigenvalue weighted by atomic mass is 16.5. The summed E-state index contributed by atoms with van der Waals surface area (Å²) >= 11 is 0. The number of hydrogen-bond donors (Lipinski definition) is 4. The molecule has 0 saturated carbocycles. The van der Waals surface area contributed by atoms with Crippen molar-refractivity contribution in [2.24, 2.45) is 5.41 Å². The van der Waals surface area contributed by atoms with Crippen molar-refractivity contribution in [3.05, 3.63) is 0 Å². The maximum absolute atomic E-state index is 10.8. The molecule has 0 aliphatic carbocycles. The Kier molecular flexibility index (Phi) is 10.4. The predicted octanol–water partition coefficient (Wildman–Crippen LogP) is -0.0759. The van der Waals surface area contributed by atoms with E-state index in [1.807, 2.05) is 0 Å². The molecule has 0 aliphatic rings. The van der Waals surface area contributed by atoms with Crippen molar-refractivity contribution in [2.45, 2.75) is 38.2 Å². The summed E-state index contributed by atoms with van der Waals surface area (Å²) in [6.07, 6.45) is 2.41. The van der Waals surface area contributed by atoms with Gasteiger partial charge in [-0.3, -0.25) is 0 Å². The van der Waals surface area contributed by atoms with Crippen molar-refractivity contribution >= 4 is 0 Å². The van der Waals surface area contributed by atoms with Gasteiger partial charge in [0.15, 0.2) is 0 Å². The smallest absolute Gasteiger partial charge is 0.0813 e. The molecule has 0 aromatic carbocycles. The summed E-state index contributed by atoms with van der Waals surface area (Å²) in [4.78, 5) is 0. The van der Waals surface area contributed by atoms with Gasteiger partial charge in [-0.1, -0.05) is 13.3 Å². The van der Waals surface area contributed by atoms with Gasteiger partial charge in [-0.2, -0.15) is 0 Å². The van der Waals surface area contributed by atoms with Gasteiger partial charge >= 0.3 is 0 Å². The molecule has 0 radical (unpaired) electrons. The SMILES string of the molecule is CCCCOCCC(O)(CCOC)C(CO)(CO)CO. The van der Waals surface area contributed by atoms with E-state index in [4.69, 9.17) is 9.47 Å². The van der Waals surface area contributed by atoms with E-state index in [1.165, 1.54) is 7.11 Å². The summed E-state index contributed by atoms with van der Waals surface area (Å²) in [5.74, 6) is 0. The van der Waals surface area contributed by atoms with Crippen LogP contribution in [0.5, 0.6) is 0 Å². The normalized spacial score (nSPS) is 15.3. The molecule has 1 atom stereocenters. The molecule has 0 aromatic heterocycles. The zero-order valence-corrected chi connectivity index (χ0v) is 12.7. The third-order valence-corrected chi connectivity index (χ3v) is 3.92. The van der Waals surface area contributed by atoms with Gasteiger partial charge in [0.1, 0.15) is 0 Å². The Hall–Kier alpha value is -0.240. The lowest BCUT2D eigenvalue weighted by atomic mass is 9.70. The molecule has 0 fully saturated rings. The molecule has 122 valence electrons. The van der Waals surface area contributed by atoms with Crippen LogP contribution in [0.1, 0.15) is 32.6 Å². The second-order valence-electron chi connectivity index (χ2n) is 5.24. The number of unbranched alkanes of at least 4 members (excludes halogenated alkanes) is 1. The van der Waals surface area contributed by atoms with Crippen LogP contribution in [0, 0.1) is 5.41 Å². The van der Waals surface area contributed by atoms with Crippen LogP contribution in [0.4, 0.5) is 0 Å². The minimum atomic E-state index is -1.44. The van der Waals surface area contributed by atoms with Crippen LogP contribution in [0.15, 0.2) is 0 Å². The summed E-state index contributed by atoms with van der Waals surface area (Å²) in [5, 5.41) is 39.2. The fourth-order valence-electron chi connectivity index (χ4n) is 2.11. The number of rotatable bonds is 13. The van der Waals surface area contributed by atoms with E-state index in [0.717, 1.165) is 12.8 Å². The van der Waals surface area contributed by atoms with Crippen molar-refractivity contribution in [3.8, 4) is 0 Å². The van der Waals surface area contributed by atoms with E-state index < -0.39 is 30.8 Å². The van der Waals surface area contributed by atoms with Crippen molar-refractivity contribution in [1.29, 1.82) is 0 Å². The third kappa shape index (κ3) is 5.27. The first kappa shape index (κ1) is 19.8. The Morgan fingerprint density at radius 1 is 0.900 bits per heavy atom. The van der Waals surface area contributed by atoms with Gasteiger partial charge < -0.3 is 29.9 Å². The first-order valence-corrected chi connectivity index (χ1v) is 7.17. The summed E-state index contributed by atoms with van der Waals surface area (Å²) < 4.78 is 10.4. The maximum atomic E-state index is 10.8. The Morgan fingerprint density at radius 3 is 1.90 bits per heavy atom. The minimum absolute atomic E-state index is 0.211. The number of aliphatic hydroxyl groups excluding tert-OH is 3. The summed E-state index contributed by atoms with van der Waals surface area (Å²) in [5.41, 5.74) is -2.80. The van der Waals surface area contributed by atoms with Gasteiger partial charge in [0.05, 0.1) is 30.8 Å². The molecule has 0 amide bonds. The number of hydrogen-bond acceptors (Lipinski definition) is 6. The summed E-state index contributed by atoms with van der Waals surface area (Å²) in [6.45, 7) is 1.74. The van der Waals surface area contributed by atoms with Crippen LogP contribution in [0.25, 0.3) is 0 Å². The van der Waals surface area contributed by atoms with E-state index in [1.54, 1.807) is 0 Å². The Labute approximate surface area is 121 Å². The molecule has 0 spiro atoms. The van der Waals surface area contributed by atoms with Gasteiger partial charge in [-0.15, -0.1) is 0 Å². The van der Waals surface area contributed by atoms with Gasteiger partial charge in [0, 0.05) is 39.8 Å². The molecule has 0 aliphatic heterocycles. The Bertz CT molecular complexity index is 223. The zero-order chi connectivity index (χ0) is 15.5. The van der Waals surface area contributed by atoms with Crippen LogP contribution in [0.2, 0.25) is 0 Å². The monoisotopic (exact) mass is 294 g/mol. The number of ether oxygens (including phenoxy) is 2. The summed E-state index contributed by atoms with van der Waals surface area (Å²) in [6, 6.07) is 0. The first-order valence-electron chi connectivity index (χ1n) is 7.17. The van der Waals surface area contributed by atoms with E-state index in [0.29, 0.717) is 13.2 Å². The molecule has 0 saturated heterocycles. The molecule has 1 unspecified atom stereocenters. The Balaban J connectivity index is 4.70. The van der Waals surface area contributed by atoms with Crippen LogP contribution < -0.4 is 0 Å².